The number of anilines is 1. The molecule has 2 aromatic rings. The molecule has 2 aromatic heterocycles. The number of amides is 1. The molecule has 3 fully saturated rings. The van der Waals surface area contributed by atoms with E-state index in [2.05, 4.69) is 20.4 Å². The van der Waals surface area contributed by atoms with Gasteiger partial charge in [0.1, 0.15) is 5.51 Å². The molecular weight excluding hydrogens is 378 g/mol. The van der Waals surface area contributed by atoms with E-state index in [1.807, 2.05) is 0 Å². The number of nitrogens with one attached hydrogen (secondary N) is 1. The molecule has 0 unspecified atom stereocenters. The van der Waals surface area contributed by atoms with Gasteiger partial charge in [-0.15, -0.1) is 10.2 Å². The second-order valence-electron chi connectivity index (χ2n) is 7.92. The number of carbonyl (C=O) groups excluding carboxylic acids is 1. The number of aromatic nitrogens is 3. The molecule has 2 bridgehead atoms. The number of rotatable bonds is 6. The van der Waals surface area contributed by atoms with Crippen molar-refractivity contribution in [1.82, 2.24) is 20.1 Å². The monoisotopic (exact) mass is 401 g/mol. The summed E-state index contributed by atoms with van der Waals surface area (Å²) in [6, 6.07) is 5.01. The van der Waals surface area contributed by atoms with Crippen LogP contribution in [0.15, 0.2) is 34.7 Å². The number of hydrogen-bond donors (Lipinski definition) is 1. The zero-order chi connectivity index (χ0) is 19.1. The van der Waals surface area contributed by atoms with Crippen LogP contribution in [0.1, 0.15) is 19.3 Å². The lowest BCUT2D eigenvalue weighted by atomic mass is 9.73. The molecule has 1 amide bonds. The lowest BCUT2D eigenvalue weighted by Gasteiger charge is -2.29. The van der Waals surface area contributed by atoms with Gasteiger partial charge in [0, 0.05) is 56.7 Å². The van der Waals surface area contributed by atoms with Gasteiger partial charge in [-0.2, -0.15) is 0 Å². The van der Waals surface area contributed by atoms with Gasteiger partial charge in [-0.3, -0.25) is 9.59 Å². The molecule has 0 aliphatic carbocycles. The maximum atomic E-state index is 12.3. The van der Waals surface area contributed by atoms with Crippen LogP contribution in [-0.4, -0.2) is 52.0 Å². The Bertz CT molecular complexity index is 916. The Kier molecular flexibility index (Phi) is 4.43. The summed E-state index contributed by atoms with van der Waals surface area (Å²) in [5.74, 6) is 0.716. The van der Waals surface area contributed by atoms with E-state index in [0.717, 1.165) is 31.1 Å². The number of carbonyl (C=O) groups is 1. The van der Waals surface area contributed by atoms with Crippen molar-refractivity contribution in [1.29, 1.82) is 0 Å². The minimum absolute atomic E-state index is 0.0217. The first-order valence-electron chi connectivity index (χ1n) is 9.76. The molecule has 3 aliphatic rings. The fourth-order valence-corrected chi connectivity index (χ4v) is 5.67. The maximum Gasteiger partial charge on any atom is 0.250 e. The highest BCUT2D eigenvalue weighted by molar-refractivity contribution is 7.13. The van der Waals surface area contributed by atoms with Crippen molar-refractivity contribution in [3.05, 3.63) is 40.3 Å². The highest BCUT2D eigenvalue weighted by Crippen LogP contribution is 2.55. The van der Waals surface area contributed by atoms with Crippen LogP contribution in [0, 0.1) is 11.8 Å². The van der Waals surface area contributed by atoms with E-state index in [9.17, 15) is 9.59 Å². The topological polar surface area (TPSA) is 89.4 Å². The van der Waals surface area contributed by atoms with Crippen LogP contribution in [0.5, 0.6) is 0 Å². The summed E-state index contributed by atoms with van der Waals surface area (Å²) in [4.78, 5) is 26.4. The van der Waals surface area contributed by atoms with Gasteiger partial charge in [0.15, 0.2) is 0 Å². The van der Waals surface area contributed by atoms with Crippen molar-refractivity contribution < 1.29 is 9.53 Å². The van der Waals surface area contributed by atoms with Crippen molar-refractivity contribution in [2.45, 2.75) is 37.5 Å². The number of nitrogens with zero attached hydrogens (tertiary/aromatic N) is 4. The predicted molar refractivity (Wildman–Crippen MR) is 104 cm³/mol. The van der Waals surface area contributed by atoms with E-state index >= 15 is 0 Å². The fraction of sp³-hybridized carbons (Fsp3) is 0.579. The van der Waals surface area contributed by atoms with Gasteiger partial charge in [0.05, 0.1) is 11.7 Å². The molecule has 0 radical (unpaired) electrons. The third kappa shape index (κ3) is 3.02. The first-order chi connectivity index (χ1) is 13.6. The first-order valence-corrected chi connectivity index (χ1v) is 10.6. The number of fused-ring (bicyclic) bond motifs is 1. The Balaban J connectivity index is 1.19. The third-order valence-corrected chi connectivity index (χ3v) is 7.17. The van der Waals surface area contributed by atoms with Crippen LogP contribution >= 0.6 is 11.3 Å². The van der Waals surface area contributed by atoms with Crippen molar-refractivity contribution in [3.63, 3.8) is 0 Å². The Morgan fingerprint density at radius 2 is 2.36 bits per heavy atom. The van der Waals surface area contributed by atoms with Crippen LogP contribution < -0.4 is 15.8 Å². The van der Waals surface area contributed by atoms with Crippen LogP contribution in [0.25, 0.3) is 0 Å². The lowest BCUT2D eigenvalue weighted by molar-refractivity contribution is -0.121. The van der Waals surface area contributed by atoms with Crippen molar-refractivity contribution in [3.8, 4) is 0 Å². The van der Waals surface area contributed by atoms with Crippen LogP contribution in [-0.2, 0) is 16.1 Å². The SMILES string of the molecule is O=C(CCn1ccccc1=O)NC[C@H]1[C@H]2CN(c3nncs3)C[C@]23CC[C@H]1O3. The molecule has 148 valence electrons. The Morgan fingerprint density at radius 1 is 1.43 bits per heavy atom. The van der Waals surface area contributed by atoms with Gasteiger partial charge in [0.2, 0.25) is 11.0 Å². The highest BCUT2D eigenvalue weighted by atomic mass is 32.1. The van der Waals surface area contributed by atoms with Crippen molar-refractivity contribution in [2.24, 2.45) is 11.8 Å². The minimum Gasteiger partial charge on any atom is -0.369 e. The van der Waals surface area contributed by atoms with Gasteiger partial charge in [-0.05, 0) is 18.9 Å². The van der Waals surface area contributed by atoms with Gasteiger partial charge >= 0.3 is 0 Å². The zero-order valence-corrected chi connectivity index (χ0v) is 16.3. The average molecular weight is 401 g/mol. The summed E-state index contributed by atoms with van der Waals surface area (Å²) in [7, 11) is 0. The molecule has 9 heteroatoms. The number of aryl methyl sites for hydroxylation is 1. The van der Waals surface area contributed by atoms with Gasteiger partial charge in [-0.25, -0.2) is 0 Å². The molecule has 3 aliphatic heterocycles. The average Bonchev–Trinajstić information content (AvgIpc) is 3.45. The highest BCUT2D eigenvalue weighted by Gasteiger charge is 2.63. The van der Waals surface area contributed by atoms with Crippen LogP contribution in [0.4, 0.5) is 5.13 Å². The molecule has 5 heterocycles. The Morgan fingerprint density at radius 3 is 3.18 bits per heavy atom. The third-order valence-electron chi connectivity index (χ3n) is 6.42. The lowest BCUT2D eigenvalue weighted by Crippen LogP contribution is -2.42. The zero-order valence-electron chi connectivity index (χ0n) is 15.5. The van der Waals surface area contributed by atoms with E-state index in [4.69, 9.17) is 4.74 Å². The number of pyridine rings is 1. The molecule has 8 nitrogen and oxygen atoms in total. The molecule has 28 heavy (non-hydrogen) atoms. The largest absolute Gasteiger partial charge is 0.369 e. The summed E-state index contributed by atoms with van der Waals surface area (Å²) in [6.07, 6.45) is 4.39. The molecule has 1 spiro atoms. The molecular formula is C19H23N5O3S. The molecule has 1 N–H and O–H groups in total. The summed E-state index contributed by atoms with van der Waals surface area (Å²) < 4.78 is 7.98. The second kappa shape index (κ2) is 6.97. The smallest absolute Gasteiger partial charge is 0.250 e. The second-order valence-corrected chi connectivity index (χ2v) is 8.73. The molecule has 3 saturated heterocycles. The van der Waals surface area contributed by atoms with E-state index in [-0.39, 0.29) is 23.2 Å². The molecule has 0 aromatic carbocycles. The van der Waals surface area contributed by atoms with E-state index in [1.165, 1.54) is 6.07 Å². The normalized spacial score (nSPS) is 30.6. The summed E-state index contributed by atoms with van der Waals surface area (Å²) in [6.45, 7) is 2.80. The van der Waals surface area contributed by atoms with Crippen LogP contribution in [0.2, 0.25) is 0 Å². The molecule has 4 atom stereocenters. The van der Waals surface area contributed by atoms with Gasteiger partial charge in [-0.1, -0.05) is 17.4 Å². The predicted octanol–water partition coefficient (Wildman–Crippen LogP) is 0.890. The number of ether oxygens (including phenoxy) is 1. The van der Waals surface area contributed by atoms with Crippen molar-refractivity contribution >= 4 is 22.4 Å². The molecule has 5 rings (SSSR count). The van der Waals surface area contributed by atoms with Gasteiger partial charge < -0.3 is 19.5 Å². The van der Waals surface area contributed by atoms with Crippen molar-refractivity contribution in [2.75, 3.05) is 24.5 Å². The standard InChI is InChI=1S/C19H23N5O3S/c25-16(5-8-23-7-2-1-3-17(23)26)20-9-13-14-10-24(18-22-21-12-28-18)11-19(14)6-4-15(13)27-19/h1-3,7,12-15H,4-6,8-11H2,(H,20,25)/t13-,14+,15+,19+/m0/s1. The molecule has 0 saturated carbocycles. The van der Waals surface area contributed by atoms with E-state index in [0.29, 0.717) is 31.3 Å². The Hall–Kier alpha value is -2.26. The first kappa shape index (κ1) is 17.8. The maximum absolute atomic E-state index is 12.3. The summed E-state index contributed by atoms with van der Waals surface area (Å²) in [5, 5.41) is 12.2. The van der Waals surface area contributed by atoms with Crippen LogP contribution in [0.3, 0.4) is 0 Å². The van der Waals surface area contributed by atoms with Gasteiger partial charge in [0.25, 0.3) is 5.56 Å². The quantitative estimate of drug-likeness (QED) is 0.773. The number of hydrogen-bond acceptors (Lipinski definition) is 7. The summed E-state index contributed by atoms with van der Waals surface area (Å²) >= 11 is 1.56. The summed E-state index contributed by atoms with van der Waals surface area (Å²) in [5.41, 5.74) is 1.58. The fourth-order valence-electron chi connectivity index (χ4n) is 5.10. The Labute approximate surface area is 166 Å². The van der Waals surface area contributed by atoms with E-state index in [1.54, 1.807) is 39.7 Å². The van der Waals surface area contributed by atoms with E-state index < -0.39 is 0 Å². The minimum atomic E-state index is -0.0942.